The smallest absolute Gasteiger partial charge is 0.280 e. The summed E-state index contributed by atoms with van der Waals surface area (Å²) >= 11 is 0. The van der Waals surface area contributed by atoms with Crippen LogP contribution in [0.4, 0.5) is 0 Å². The number of hydrogen-bond acceptors (Lipinski definition) is 6. The zero-order valence-corrected chi connectivity index (χ0v) is 18.8. The monoisotopic (exact) mass is 457 g/mol. The van der Waals surface area contributed by atoms with E-state index in [9.17, 15) is 9.59 Å². The first-order valence-corrected chi connectivity index (χ1v) is 10.7. The predicted octanol–water partition coefficient (Wildman–Crippen LogP) is 2.82. The number of rotatable bonds is 6. The number of aromatic amines is 1. The summed E-state index contributed by atoms with van der Waals surface area (Å²) in [5.41, 5.74) is 11.2. The largest absolute Gasteiger partial charge is 0.337 e. The fourth-order valence-electron chi connectivity index (χ4n) is 4.13. The molecule has 1 fully saturated rings. The molecule has 0 radical (unpaired) electrons. The van der Waals surface area contributed by atoms with Gasteiger partial charge in [0.15, 0.2) is 5.82 Å². The number of pyridine rings is 1. The highest BCUT2D eigenvalue weighted by Crippen LogP contribution is 2.22. The molecular weight excluding hydrogens is 434 g/mol. The highest BCUT2D eigenvalue weighted by molar-refractivity contribution is 5.94. The van der Waals surface area contributed by atoms with E-state index in [0.717, 1.165) is 17.5 Å². The summed E-state index contributed by atoms with van der Waals surface area (Å²) in [7, 11) is 1.87. The average molecular weight is 457 g/mol. The van der Waals surface area contributed by atoms with Gasteiger partial charge in [-0.05, 0) is 61.3 Å². The van der Waals surface area contributed by atoms with Gasteiger partial charge in [0.2, 0.25) is 0 Å². The standard InChI is InChI=1S/C23H23N9O2/c1-15-9-16(10-24)3-5-19(15)20-12-28-32(23(20)34)21-6-4-17(11-26-21)22(33)31-8-7-18(13-31)30(2)14-27-29-25/h3-6,9,11-12,18,28H,7-8,13-14H2,1-2H3/t18-/m0/s1. The first-order chi connectivity index (χ1) is 16.4. The van der Waals surface area contributed by atoms with Gasteiger partial charge in [0.25, 0.3) is 11.5 Å². The van der Waals surface area contributed by atoms with E-state index in [1.54, 1.807) is 41.4 Å². The van der Waals surface area contributed by atoms with Crippen LogP contribution in [0.25, 0.3) is 27.4 Å². The minimum atomic E-state index is -0.273. The third-order valence-electron chi connectivity index (χ3n) is 6.06. The van der Waals surface area contributed by atoms with Crippen molar-refractivity contribution in [3.8, 4) is 23.0 Å². The number of H-pyrrole nitrogens is 1. The molecule has 11 heteroatoms. The molecule has 11 nitrogen and oxygen atoms in total. The Labute approximate surface area is 195 Å². The van der Waals surface area contributed by atoms with E-state index in [4.69, 9.17) is 10.8 Å². The van der Waals surface area contributed by atoms with Crippen molar-refractivity contribution < 1.29 is 4.79 Å². The van der Waals surface area contributed by atoms with Crippen LogP contribution in [0.5, 0.6) is 0 Å². The van der Waals surface area contributed by atoms with Crippen molar-refractivity contribution >= 4 is 5.91 Å². The summed E-state index contributed by atoms with van der Waals surface area (Å²) in [6, 6.07) is 10.7. The molecule has 1 aliphatic rings. The van der Waals surface area contributed by atoms with Gasteiger partial charge in [0.05, 0.1) is 29.4 Å². The second-order valence-corrected chi connectivity index (χ2v) is 8.20. The molecule has 0 saturated carbocycles. The van der Waals surface area contributed by atoms with Gasteiger partial charge < -0.3 is 4.90 Å². The quantitative estimate of drug-likeness (QED) is 0.343. The Bertz CT molecular complexity index is 1360. The Morgan fingerprint density at radius 3 is 2.88 bits per heavy atom. The normalized spacial score (nSPS) is 15.2. The minimum absolute atomic E-state index is 0.128. The molecule has 2 aromatic heterocycles. The molecule has 34 heavy (non-hydrogen) atoms. The van der Waals surface area contributed by atoms with E-state index < -0.39 is 0 Å². The van der Waals surface area contributed by atoms with Gasteiger partial charge in [-0.25, -0.2) is 9.67 Å². The zero-order chi connectivity index (χ0) is 24.2. The van der Waals surface area contributed by atoms with Gasteiger partial charge in [0, 0.05) is 36.4 Å². The number of carbonyl (C=O) groups excluding carboxylic acids is 1. The lowest BCUT2D eigenvalue weighted by molar-refractivity contribution is 0.0780. The molecule has 1 atom stereocenters. The van der Waals surface area contributed by atoms with E-state index in [1.165, 1.54) is 10.9 Å². The van der Waals surface area contributed by atoms with Gasteiger partial charge in [0.1, 0.15) is 0 Å². The first kappa shape index (κ1) is 22.8. The van der Waals surface area contributed by atoms with Crippen LogP contribution in [0.15, 0.2) is 52.6 Å². The lowest BCUT2D eigenvalue weighted by atomic mass is 10.0. The van der Waals surface area contributed by atoms with Crippen molar-refractivity contribution in [2.24, 2.45) is 5.11 Å². The van der Waals surface area contributed by atoms with E-state index in [0.29, 0.717) is 35.6 Å². The molecule has 1 aromatic carbocycles. The number of likely N-dealkylation sites (tertiary alicyclic amines) is 1. The first-order valence-electron chi connectivity index (χ1n) is 10.7. The van der Waals surface area contributed by atoms with Crippen molar-refractivity contribution in [3.63, 3.8) is 0 Å². The summed E-state index contributed by atoms with van der Waals surface area (Å²) < 4.78 is 1.32. The molecule has 1 saturated heterocycles. The van der Waals surface area contributed by atoms with Crippen LogP contribution < -0.4 is 5.56 Å². The van der Waals surface area contributed by atoms with E-state index in [2.05, 4.69) is 26.2 Å². The number of benzene rings is 1. The number of aryl methyl sites for hydroxylation is 1. The van der Waals surface area contributed by atoms with Crippen LogP contribution in [0, 0.1) is 18.3 Å². The summed E-state index contributed by atoms with van der Waals surface area (Å²) in [6.07, 6.45) is 3.87. The van der Waals surface area contributed by atoms with Crippen LogP contribution in [-0.4, -0.2) is 63.3 Å². The number of nitrogens with zero attached hydrogens (tertiary/aromatic N) is 8. The van der Waals surface area contributed by atoms with Crippen molar-refractivity contribution in [2.75, 3.05) is 26.8 Å². The summed E-state index contributed by atoms with van der Waals surface area (Å²) in [5.74, 6) is 0.235. The van der Waals surface area contributed by atoms with Gasteiger partial charge >= 0.3 is 0 Å². The maximum atomic E-state index is 13.0. The number of likely N-dealkylation sites (N-methyl/N-ethyl adjacent to an activating group) is 1. The Kier molecular flexibility index (Phi) is 6.45. The minimum Gasteiger partial charge on any atom is -0.337 e. The van der Waals surface area contributed by atoms with E-state index in [-0.39, 0.29) is 24.2 Å². The number of azide groups is 1. The lowest BCUT2D eigenvalue weighted by Gasteiger charge is -2.22. The van der Waals surface area contributed by atoms with Crippen molar-refractivity contribution in [1.29, 1.82) is 5.26 Å². The molecule has 1 aliphatic heterocycles. The van der Waals surface area contributed by atoms with Gasteiger partial charge in [-0.3, -0.25) is 19.6 Å². The van der Waals surface area contributed by atoms with Gasteiger partial charge in [-0.2, -0.15) is 5.26 Å². The number of carbonyl (C=O) groups is 1. The molecule has 1 N–H and O–H groups in total. The molecule has 3 aromatic rings. The third kappa shape index (κ3) is 4.41. The Hall–Kier alpha value is -4.39. The predicted molar refractivity (Wildman–Crippen MR) is 125 cm³/mol. The molecule has 3 heterocycles. The molecule has 0 spiro atoms. The summed E-state index contributed by atoms with van der Waals surface area (Å²) in [5, 5.41) is 15.6. The van der Waals surface area contributed by atoms with Crippen LogP contribution in [-0.2, 0) is 0 Å². The SMILES string of the molecule is Cc1cc(C#N)ccc1-c1c[nH]n(-c2ccc(C(=O)N3CC[C@H](N(C)CN=[N+]=[N-])C3)cn2)c1=O. The van der Waals surface area contributed by atoms with Crippen LogP contribution in [0.3, 0.4) is 0 Å². The van der Waals surface area contributed by atoms with E-state index >= 15 is 0 Å². The Morgan fingerprint density at radius 1 is 1.38 bits per heavy atom. The highest BCUT2D eigenvalue weighted by Gasteiger charge is 2.29. The second-order valence-electron chi connectivity index (χ2n) is 8.20. The number of aromatic nitrogens is 3. The number of hydrogen-bond donors (Lipinski definition) is 1. The highest BCUT2D eigenvalue weighted by atomic mass is 16.2. The number of amides is 1. The average Bonchev–Trinajstić information content (AvgIpc) is 3.49. The summed E-state index contributed by atoms with van der Waals surface area (Å²) in [6.45, 7) is 3.26. The number of nitriles is 1. The van der Waals surface area contributed by atoms with Crippen LogP contribution in [0.2, 0.25) is 0 Å². The van der Waals surface area contributed by atoms with Crippen molar-refractivity contribution in [1.82, 2.24) is 24.6 Å². The van der Waals surface area contributed by atoms with Crippen LogP contribution in [0.1, 0.15) is 27.9 Å². The molecule has 4 rings (SSSR count). The Balaban J connectivity index is 1.50. The van der Waals surface area contributed by atoms with Gasteiger partial charge in [-0.1, -0.05) is 11.2 Å². The zero-order valence-electron chi connectivity index (χ0n) is 18.8. The maximum Gasteiger partial charge on any atom is 0.280 e. The second kappa shape index (κ2) is 9.62. The molecular formula is C23H23N9O2. The molecule has 0 bridgehead atoms. The Morgan fingerprint density at radius 2 is 2.21 bits per heavy atom. The maximum absolute atomic E-state index is 13.0. The molecule has 0 aliphatic carbocycles. The van der Waals surface area contributed by atoms with Crippen molar-refractivity contribution in [2.45, 2.75) is 19.4 Å². The molecule has 172 valence electrons. The van der Waals surface area contributed by atoms with Crippen LogP contribution >= 0.6 is 0 Å². The fourth-order valence-corrected chi connectivity index (χ4v) is 4.13. The fraction of sp³-hybridized carbons (Fsp3) is 0.304. The van der Waals surface area contributed by atoms with E-state index in [1.807, 2.05) is 18.9 Å². The molecule has 0 unspecified atom stereocenters. The topological polar surface area (TPSA) is 147 Å². The summed E-state index contributed by atoms with van der Waals surface area (Å²) in [4.78, 5) is 36.7. The molecule has 1 amide bonds. The van der Waals surface area contributed by atoms with Gasteiger partial charge in [-0.15, -0.1) is 0 Å². The number of nitrogens with one attached hydrogen (secondary N) is 1. The van der Waals surface area contributed by atoms with Crippen molar-refractivity contribution in [3.05, 3.63) is 80.2 Å². The lowest BCUT2D eigenvalue weighted by Crippen LogP contribution is -2.36. The third-order valence-corrected chi connectivity index (χ3v) is 6.06.